The molecule has 1 amide bonds. The van der Waals surface area contributed by atoms with Crippen LogP contribution in [-0.4, -0.2) is 16.0 Å². The van der Waals surface area contributed by atoms with Gasteiger partial charge in [-0.25, -0.2) is 4.98 Å². The Labute approximate surface area is 89.2 Å². The third kappa shape index (κ3) is 1.90. The molecule has 78 valence electrons. The Morgan fingerprint density at radius 3 is 2.93 bits per heavy atom. The molecule has 0 unspecified atom stereocenters. The predicted molar refractivity (Wildman–Crippen MR) is 54.3 cm³/mol. The van der Waals surface area contributed by atoms with Gasteiger partial charge in [-0.05, 0) is 12.1 Å². The van der Waals surface area contributed by atoms with E-state index in [2.05, 4.69) is 4.98 Å². The molecule has 0 radical (unpaired) electrons. The molecule has 2 aromatic rings. The number of aromatic nitrogens is 1. The summed E-state index contributed by atoms with van der Waals surface area (Å²) in [6.07, 6.45) is 1.41. The fourth-order valence-electron chi connectivity index (χ4n) is 1.08. The molecule has 2 heterocycles. The second kappa shape index (κ2) is 3.84. The van der Waals surface area contributed by atoms with Crippen molar-refractivity contribution in [1.82, 2.24) is 4.98 Å². The van der Waals surface area contributed by atoms with E-state index >= 15 is 0 Å². The van der Waals surface area contributed by atoms with Crippen LogP contribution in [0.25, 0.3) is 10.8 Å². The Bertz CT molecular complexity index is 489. The van der Waals surface area contributed by atoms with Crippen molar-refractivity contribution in [2.75, 3.05) is 0 Å². The maximum absolute atomic E-state index is 10.8. The summed E-state index contributed by atoms with van der Waals surface area (Å²) in [4.78, 5) is 15.2. The summed E-state index contributed by atoms with van der Waals surface area (Å²) < 4.78 is 5.26. The molecule has 0 aromatic carbocycles. The van der Waals surface area contributed by atoms with E-state index in [1.807, 2.05) is 0 Å². The first-order valence-corrected chi connectivity index (χ1v) is 4.98. The Morgan fingerprint density at radius 2 is 2.40 bits per heavy atom. The lowest BCUT2D eigenvalue weighted by Gasteiger charge is -1.88. The van der Waals surface area contributed by atoms with E-state index in [4.69, 9.17) is 15.3 Å². The highest BCUT2D eigenvalue weighted by Crippen LogP contribution is 2.26. The van der Waals surface area contributed by atoms with Gasteiger partial charge in [0.2, 0.25) is 0 Å². The molecule has 5 nitrogen and oxygen atoms in total. The molecule has 6 heteroatoms. The summed E-state index contributed by atoms with van der Waals surface area (Å²) >= 11 is 1.16. The lowest BCUT2D eigenvalue weighted by atomic mass is 10.4. The topological polar surface area (TPSA) is 89.4 Å². The molecule has 0 saturated heterocycles. The SMILES string of the molecule is NC(=O)c1cnc(-c2ccc(CO)o2)s1. The van der Waals surface area contributed by atoms with Gasteiger partial charge < -0.3 is 15.3 Å². The van der Waals surface area contributed by atoms with Gasteiger partial charge in [-0.2, -0.15) is 0 Å². The quantitative estimate of drug-likeness (QED) is 0.813. The van der Waals surface area contributed by atoms with E-state index in [1.54, 1.807) is 12.1 Å². The zero-order valence-electron chi connectivity index (χ0n) is 7.64. The maximum atomic E-state index is 10.8. The Balaban J connectivity index is 2.32. The van der Waals surface area contributed by atoms with E-state index < -0.39 is 5.91 Å². The normalized spacial score (nSPS) is 10.5. The molecule has 0 atom stereocenters. The van der Waals surface area contributed by atoms with Gasteiger partial charge >= 0.3 is 0 Å². The fourth-order valence-corrected chi connectivity index (χ4v) is 1.81. The van der Waals surface area contributed by atoms with Crippen molar-refractivity contribution < 1.29 is 14.3 Å². The summed E-state index contributed by atoms with van der Waals surface area (Å²) in [6, 6.07) is 3.34. The molecule has 0 aliphatic heterocycles. The van der Waals surface area contributed by atoms with Crippen LogP contribution in [0.5, 0.6) is 0 Å². The van der Waals surface area contributed by atoms with Gasteiger partial charge in [-0.3, -0.25) is 4.79 Å². The van der Waals surface area contributed by atoms with E-state index in [1.165, 1.54) is 6.20 Å². The molecule has 0 aliphatic carbocycles. The summed E-state index contributed by atoms with van der Waals surface area (Å²) in [5.41, 5.74) is 5.10. The highest BCUT2D eigenvalue weighted by molar-refractivity contribution is 7.16. The first-order chi connectivity index (χ1) is 7.20. The van der Waals surface area contributed by atoms with Crippen LogP contribution in [0.3, 0.4) is 0 Å². The number of furan rings is 1. The van der Waals surface area contributed by atoms with Gasteiger partial charge in [0, 0.05) is 0 Å². The number of thiazole rings is 1. The molecule has 2 aromatic heterocycles. The third-order valence-corrected chi connectivity index (χ3v) is 2.80. The minimum absolute atomic E-state index is 0.159. The summed E-state index contributed by atoms with van der Waals surface area (Å²) in [6.45, 7) is -0.159. The Hall–Kier alpha value is -1.66. The van der Waals surface area contributed by atoms with Gasteiger partial charge in [0.15, 0.2) is 10.8 Å². The molecule has 0 bridgehead atoms. The van der Waals surface area contributed by atoms with Crippen molar-refractivity contribution in [3.8, 4) is 10.8 Å². The number of primary amides is 1. The Kier molecular flexibility index (Phi) is 2.53. The van der Waals surface area contributed by atoms with Gasteiger partial charge in [0.1, 0.15) is 17.2 Å². The highest BCUT2D eigenvalue weighted by atomic mass is 32.1. The fraction of sp³-hybridized carbons (Fsp3) is 0.111. The average molecular weight is 224 g/mol. The first-order valence-electron chi connectivity index (χ1n) is 4.16. The summed E-state index contributed by atoms with van der Waals surface area (Å²) in [7, 11) is 0. The minimum atomic E-state index is -0.507. The molecular formula is C9H8N2O3S. The number of nitrogens with two attached hydrogens (primary N) is 1. The van der Waals surface area contributed by atoms with Crippen LogP contribution in [0.4, 0.5) is 0 Å². The van der Waals surface area contributed by atoms with Crippen LogP contribution in [0.15, 0.2) is 22.7 Å². The molecule has 15 heavy (non-hydrogen) atoms. The number of aliphatic hydroxyl groups excluding tert-OH is 1. The van der Waals surface area contributed by atoms with Crippen molar-refractivity contribution >= 4 is 17.2 Å². The zero-order valence-corrected chi connectivity index (χ0v) is 8.45. The second-order valence-corrected chi connectivity index (χ2v) is 3.85. The maximum Gasteiger partial charge on any atom is 0.260 e. The van der Waals surface area contributed by atoms with Crippen molar-refractivity contribution in [3.63, 3.8) is 0 Å². The van der Waals surface area contributed by atoms with E-state index in [0.717, 1.165) is 11.3 Å². The van der Waals surface area contributed by atoms with E-state index in [9.17, 15) is 4.79 Å². The van der Waals surface area contributed by atoms with Gasteiger partial charge in [-0.15, -0.1) is 11.3 Å². The Morgan fingerprint density at radius 1 is 1.60 bits per heavy atom. The average Bonchev–Trinajstić information content (AvgIpc) is 2.86. The monoisotopic (exact) mass is 224 g/mol. The molecule has 0 spiro atoms. The number of amides is 1. The number of hydrogen-bond donors (Lipinski definition) is 2. The van der Waals surface area contributed by atoms with Gasteiger partial charge in [0.25, 0.3) is 5.91 Å². The molecule has 0 fully saturated rings. The summed E-state index contributed by atoms with van der Waals surface area (Å²) in [5, 5.41) is 9.38. The predicted octanol–water partition coefficient (Wildman–Crippen LogP) is 0.994. The van der Waals surface area contributed by atoms with Crippen molar-refractivity contribution in [1.29, 1.82) is 0 Å². The van der Waals surface area contributed by atoms with Crippen molar-refractivity contribution in [3.05, 3.63) is 29.0 Å². The summed E-state index contributed by atoms with van der Waals surface area (Å²) in [5.74, 6) is 0.477. The van der Waals surface area contributed by atoms with Crippen LogP contribution >= 0.6 is 11.3 Å². The smallest absolute Gasteiger partial charge is 0.260 e. The van der Waals surface area contributed by atoms with Crippen LogP contribution in [0, 0.1) is 0 Å². The number of carbonyl (C=O) groups is 1. The van der Waals surface area contributed by atoms with Crippen molar-refractivity contribution in [2.45, 2.75) is 6.61 Å². The van der Waals surface area contributed by atoms with Gasteiger partial charge in [-0.1, -0.05) is 0 Å². The van der Waals surface area contributed by atoms with E-state index in [-0.39, 0.29) is 6.61 Å². The highest BCUT2D eigenvalue weighted by Gasteiger charge is 2.11. The lowest BCUT2D eigenvalue weighted by molar-refractivity contribution is 0.100. The largest absolute Gasteiger partial charge is 0.456 e. The number of rotatable bonds is 3. The molecular weight excluding hydrogens is 216 g/mol. The molecule has 0 aliphatic rings. The first kappa shape index (κ1) is 9.88. The van der Waals surface area contributed by atoms with E-state index in [0.29, 0.717) is 21.4 Å². The van der Waals surface area contributed by atoms with Crippen LogP contribution in [0.2, 0.25) is 0 Å². The number of hydrogen-bond acceptors (Lipinski definition) is 5. The minimum Gasteiger partial charge on any atom is -0.456 e. The molecule has 2 rings (SSSR count). The molecule has 0 saturated carbocycles. The zero-order chi connectivity index (χ0) is 10.8. The van der Waals surface area contributed by atoms with Crippen LogP contribution in [-0.2, 0) is 6.61 Å². The lowest BCUT2D eigenvalue weighted by Crippen LogP contribution is -2.08. The van der Waals surface area contributed by atoms with Crippen LogP contribution in [0.1, 0.15) is 15.4 Å². The third-order valence-electron chi connectivity index (χ3n) is 1.78. The standard InChI is InChI=1S/C9H8N2O3S/c10-8(13)7-3-11-9(15-7)6-2-1-5(4-12)14-6/h1-3,12H,4H2,(H2,10,13). The van der Waals surface area contributed by atoms with Crippen molar-refractivity contribution in [2.24, 2.45) is 5.73 Å². The number of nitrogens with zero attached hydrogens (tertiary/aromatic N) is 1. The number of aliphatic hydroxyl groups is 1. The van der Waals surface area contributed by atoms with Gasteiger partial charge in [0.05, 0.1) is 6.20 Å². The number of carbonyl (C=O) groups excluding carboxylic acids is 1. The van der Waals surface area contributed by atoms with Crippen LogP contribution < -0.4 is 5.73 Å². The second-order valence-electron chi connectivity index (χ2n) is 2.82. The molecule has 3 N–H and O–H groups in total.